The van der Waals surface area contributed by atoms with E-state index in [1.807, 2.05) is 0 Å². The molecule has 1 aliphatic rings. The van der Waals surface area contributed by atoms with Gasteiger partial charge in [-0.2, -0.15) is 0 Å². The van der Waals surface area contributed by atoms with E-state index in [0.29, 0.717) is 23.2 Å². The van der Waals surface area contributed by atoms with Gasteiger partial charge in [0.2, 0.25) is 0 Å². The quantitative estimate of drug-likeness (QED) is 0.659. The van der Waals surface area contributed by atoms with Crippen molar-refractivity contribution < 1.29 is 4.39 Å². The summed E-state index contributed by atoms with van der Waals surface area (Å²) in [5.41, 5.74) is 6.44. The van der Waals surface area contributed by atoms with Crippen LogP contribution in [-0.4, -0.2) is 18.4 Å². The molecule has 0 saturated carbocycles. The Morgan fingerprint density at radius 1 is 1.53 bits per heavy atom. The summed E-state index contributed by atoms with van der Waals surface area (Å²) in [5.74, 6) is 0.0487. The Balaban J connectivity index is 2.41. The standard InChI is InChI=1S/C14H19BrFN3/c1-8(2)10-4-3-7-19(10)11-6-5-9(14(17)18)12(15)13(11)16/h5-6,8,10H,3-4,7H2,1-2H3,(H3,17,18). The topological polar surface area (TPSA) is 53.1 Å². The van der Waals surface area contributed by atoms with Crippen LogP contribution in [0.15, 0.2) is 16.6 Å². The molecule has 3 nitrogen and oxygen atoms in total. The zero-order valence-electron chi connectivity index (χ0n) is 11.2. The predicted molar refractivity (Wildman–Crippen MR) is 80.3 cm³/mol. The molecule has 0 radical (unpaired) electrons. The van der Waals surface area contributed by atoms with Crippen LogP contribution in [0, 0.1) is 17.1 Å². The molecule has 0 spiro atoms. The molecule has 1 aliphatic heterocycles. The number of nitrogens with two attached hydrogens (primary N) is 1. The first-order chi connectivity index (χ1) is 8.93. The molecule has 5 heteroatoms. The number of halogens is 2. The van der Waals surface area contributed by atoms with E-state index < -0.39 is 0 Å². The molecule has 104 valence electrons. The summed E-state index contributed by atoms with van der Waals surface area (Å²) in [4.78, 5) is 2.13. The number of hydrogen-bond acceptors (Lipinski definition) is 2. The highest BCUT2D eigenvalue weighted by Crippen LogP contribution is 2.35. The highest BCUT2D eigenvalue weighted by Gasteiger charge is 2.29. The fraction of sp³-hybridized carbons (Fsp3) is 0.500. The first kappa shape index (κ1) is 14.3. The molecule has 0 aromatic heterocycles. The van der Waals surface area contributed by atoms with Crippen molar-refractivity contribution in [2.75, 3.05) is 11.4 Å². The molecule has 1 heterocycles. The maximum Gasteiger partial charge on any atom is 0.161 e. The summed E-state index contributed by atoms with van der Waals surface area (Å²) in [6, 6.07) is 3.82. The molecule has 1 saturated heterocycles. The third-order valence-corrected chi connectivity index (χ3v) is 4.51. The maximum absolute atomic E-state index is 14.5. The molecule has 1 unspecified atom stereocenters. The van der Waals surface area contributed by atoms with Gasteiger partial charge in [0.05, 0.1) is 10.2 Å². The number of amidine groups is 1. The van der Waals surface area contributed by atoms with E-state index in [4.69, 9.17) is 11.1 Å². The van der Waals surface area contributed by atoms with E-state index in [2.05, 4.69) is 34.7 Å². The van der Waals surface area contributed by atoms with Gasteiger partial charge in [0.25, 0.3) is 0 Å². The minimum Gasteiger partial charge on any atom is -0.384 e. The minimum atomic E-state index is -0.319. The van der Waals surface area contributed by atoms with Crippen molar-refractivity contribution in [1.82, 2.24) is 0 Å². The van der Waals surface area contributed by atoms with Crippen molar-refractivity contribution in [2.45, 2.75) is 32.7 Å². The van der Waals surface area contributed by atoms with Crippen molar-refractivity contribution in [3.8, 4) is 0 Å². The van der Waals surface area contributed by atoms with Crippen molar-refractivity contribution in [1.29, 1.82) is 5.41 Å². The number of nitrogens with zero attached hydrogens (tertiary/aromatic N) is 1. The molecule has 0 bridgehead atoms. The average molecular weight is 328 g/mol. The van der Waals surface area contributed by atoms with E-state index in [9.17, 15) is 4.39 Å². The van der Waals surface area contributed by atoms with Crippen molar-refractivity contribution in [3.05, 3.63) is 28.0 Å². The zero-order chi connectivity index (χ0) is 14.2. The van der Waals surface area contributed by atoms with Gasteiger partial charge < -0.3 is 10.6 Å². The summed E-state index contributed by atoms with van der Waals surface area (Å²) in [7, 11) is 0. The molecule has 1 aromatic rings. The third kappa shape index (κ3) is 2.61. The predicted octanol–water partition coefficient (Wildman–Crippen LogP) is 3.50. The number of hydrogen-bond donors (Lipinski definition) is 2. The normalized spacial score (nSPS) is 19.2. The zero-order valence-corrected chi connectivity index (χ0v) is 12.8. The maximum atomic E-state index is 14.5. The van der Waals surface area contributed by atoms with Gasteiger partial charge in [0.1, 0.15) is 5.84 Å². The lowest BCUT2D eigenvalue weighted by atomic mass is 10.0. The van der Waals surface area contributed by atoms with Crippen molar-refractivity contribution in [2.24, 2.45) is 11.7 Å². The van der Waals surface area contributed by atoms with Gasteiger partial charge in [0, 0.05) is 18.2 Å². The molecule has 1 atom stereocenters. The average Bonchev–Trinajstić information content (AvgIpc) is 2.81. The van der Waals surface area contributed by atoms with E-state index >= 15 is 0 Å². The Bertz CT molecular complexity index is 502. The fourth-order valence-corrected chi connectivity index (χ4v) is 3.30. The van der Waals surface area contributed by atoms with Gasteiger partial charge in [0.15, 0.2) is 5.82 Å². The Hall–Kier alpha value is -1.10. The summed E-state index contributed by atoms with van der Waals surface area (Å²) in [6.07, 6.45) is 2.19. The van der Waals surface area contributed by atoms with Crippen LogP contribution in [0.5, 0.6) is 0 Å². The van der Waals surface area contributed by atoms with Crippen LogP contribution in [0.4, 0.5) is 10.1 Å². The minimum absolute atomic E-state index is 0.126. The Morgan fingerprint density at radius 2 is 2.21 bits per heavy atom. The SMILES string of the molecule is CC(C)C1CCCN1c1ccc(C(=N)N)c(Br)c1F. The lowest BCUT2D eigenvalue weighted by Crippen LogP contribution is -2.34. The van der Waals surface area contributed by atoms with Gasteiger partial charge in [-0.1, -0.05) is 13.8 Å². The molecule has 0 amide bonds. The van der Waals surface area contributed by atoms with Crippen LogP contribution in [0.3, 0.4) is 0 Å². The third-order valence-electron chi connectivity index (χ3n) is 3.73. The first-order valence-electron chi connectivity index (χ1n) is 6.52. The molecule has 2 rings (SSSR count). The van der Waals surface area contributed by atoms with Crippen LogP contribution in [0.25, 0.3) is 0 Å². The molecule has 3 N–H and O–H groups in total. The number of nitrogen functional groups attached to an aromatic ring is 1. The van der Waals surface area contributed by atoms with Gasteiger partial charge >= 0.3 is 0 Å². The summed E-state index contributed by atoms with van der Waals surface area (Å²) in [6.45, 7) is 5.21. The van der Waals surface area contributed by atoms with Crippen molar-refractivity contribution >= 4 is 27.5 Å². The summed E-state index contributed by atoms with van der Waals surface area (Å²) >= 11 is 3.21. The lowest BCUT2D eigenvalue weighted by Gasteiger charge is -2.30. The molecular formula is C14H19BrFN3. The van der Waals surface area contributed by atoms with Gasteiger partial charge in [-0.15, -0.1) is 0 Å². The van der Waals surface area contributed by atoms with Crippen LogP contribution >= 0.6 is 15.9 Å². The molecule has 19 heavy (non-hydrogen) atoms. The van der Waals surface area contributed by atoms with Gasteiger partial charge in [-0.05, 0) is 46.8 Å². The highest BCUT2D eigenvalue weighted by molar-refractivity contribution is 9.10. The monoisotopic (exact) mass is 327 g/mol. The number of rotatable bonds is 3. The lowest BCUT2D eigenvalue weighted by molar-refractivity contribution is 0.485. The second kappa shape index (κ2) is 5.49. The smallest absolute Gasteiger partial charge is 0.161 e. The van der Waals surface area contributed by atoms with Crippen molar-refractivity contribution in [3.63, 3.8) is 0 Å². The summed E-state index contributed by atoms with van der Waals surface area (Å²) < 4.78 is 14.8. The van der Waals surface area contributed by atoms with Gasteiger partial charge in [-0.3, -0.25) is 5.41 Å². The number of benzene rings is 1. The fourth-order valence-electron chi connectivity index (χ4n) is 2.75. The Kier molecular flexibility index (Phi) is 4.13. The Morgan fingerprint density at radius 3 is 2.79 bits per heavy atom. The number of nitrogens with one attached hydrogen (secondary N) is 1. The first-order valence-corrected chi connectivity index (χ1v) is 7.31. The van der Waals surface area contributed by atoms with Crippen LogP contribution in [0.1, 0.15) is 32.3 Å². The molecule has 0 aliphatic carbocycles. The molecular weight excluding hydrogens is 309 g/mol. The molecule has 1 fully saturated rings. The van der Waals surface area contributed by atoms with Gasteiger partial charge in [-0.25, -0.2) is 4.39 Å². The van der Waals surface area contributed by atoms with E-state index in [1.165, 1.54) is 0 Å². The number of anilines is 1. The second-order valence-corrected chi connectivity index (χ2v) is 6.11. The van der Waals surface area contributed by atoms with Crippen LogP contribution in [0.2, 0.25) is 0 Å². The summed E-state index contributed by atoms with van der Waals surface area (Å²) in [5, 5.41) is 7.43. The van der Waals surface area contributed by atoms with Crippen LogP contribution < -0.4 is 10.6 Å². The Labute approximate surface area is 121 Å². The molecule has 1 aromatic carbocycles. The largest absolute Gasteiger partial charge is 0.384 e. The van der Waals surface area contributed by atoms with E-state index in [0.717, 1.165) is 19.4 Å². The highest BCUT2D eigenvalue weighted by atomic mass is 79.9. The van der Waals surface area contributed by atoms with E-state index in [-0.39, 0.29) is 16.1 Å². The second-order valence-electron chi connectivity index (χ2n) is 5.32. The van der Waals surface area contributed by atoms with E-state index in [1.54, 1.807) is 12.1 Å². The van der Waals surface area contributed by atoms with Crippen LogP contribution in [-0.2, 0) is 0 Å².